The molecule has 4 nitrogen and oxygen atoms in total. The number of ether oxygens (including phenoxy) is 1. The Morgan fingerprint density at radius 2 is 2.08 bits per heavy atom. The van der Waals surface area contributed by atoms with E-state index in [0.29, 0.717) is 13.0 Å². The van der Waals surface area contributed by atoms with Gasteiger partial charge in [0.15, 0.2) is 0 Å². The summed E-state index contributed by atoms with van der Waals surface area (Å²) >= 11 is 1.48. The van der Waals surface area contributed by atoms with Crippen molar-refractivity contribution in [2.45, 2.75) is 25.6 Å². The van der Waals surface area contributed by atoms with E-state index in [4.69, 9.17) is 5.73 Å². The number of H-pyrrole nitrogens is 1. The summed E-state index contributed by atoms with van der Waals surface area (Å²) < 4.78 is 41.4. The Hall–Kier alpha value is -2.06. The number of hydrogen-bond donors (Lipinski definition) is 2. The van der Waals surface area contributed by atoms with Crippen molar-refractivity contribution < 1.29 is 17.9 Å². The molecular weight excluding hydrogens is 339 g/mol. The zero-order chi connectivity index (χ0) is 17.2. The lowest BCUT2D eigenvalue weighted by atomic mass is 10.0. The van der Waals surface area contributed by atoms with Crippen LogP contribution in [0, 0.1) is 0 Å². The average molecular weight is 355 g/mol. The summed E-state index contributed by atoms with van der Waals surface area (Å²) in [6.07, 6.45) is -0.592. The Bertz CT molecular complexity index is 812. The highest BCUT2D eigenvalue weighted by molar-refractivity contribution is 7.13. The molecule has 0 aliphatic carbocycles. The highest BCUT2D eigenvalue weighted by atomic mass is 32.1. The highest BCUT2D eigenvalue weighted by Crippen LogP contribution is 2.35. The maximum absolute atomic E-state index is 12.5. The molecule has 0 fully saturated rings. The molecule has 3 rings (SSSR count). The van der Waals surface area contributed by atoms with E-state index >= 15 is 0 Å². The second kappa shape index (κ2) is 6.82. The molecule has 0 saturated heterocycles. The van der Waals surface area contributed by atoms with Crippen molar-refractivity contribution in [2.75, 3.05) is 6.54 Å². The number of fused-ring (bicyclic) bond motifs is 1. The number of nitrogens with one attached hydrogen (secondary N) is 1. The van der Waals surface area contributed by atoms with Gasteiger partial charge in [-0.1, -0.05) is 0 Å². The minimum absolute atomic E-state index is 0.222. The molecular formula is C16H16F3N3OS. The number of nitrogens with zero attached hydrogens (tertiary/aromatic N) is 1. The standard InChI is InChI=1S/C16H16F3N3OS/c17-16(18,19)23-10-4-5-13-12(9-10)11(3-1-2-6-20)14(22-13)15-21-7-8-24-15/h4-5,7-9,22H,1-3,6,20H2. The van der Waals surface area contributed by atoms with Crippen molar-refractivity contribution in [3.8, 4) is 16.5 Å². The molecule has 0 bridgehead atoms. The third-order valence-corrected chi connectivity index (χ3v) is 4.43. The van der Waals surface area contributed by atoms with Crippen molar-refractivity contribution in [1.29, 1.82) is 0 Å². The van der Waals surface area contributed by atoms with Crippen LogP contribution in [0.2, 0.25) is 0 Å². The molecule has 24 heavy (non-hydrogen) atoms. The van der Waals surface area contributed by atoms with Gasteiger partial charge in [0, 0.05) is 22.5 Å². The predicted octanol–water partition coefficient (Wildman–Crippen LogP) is 4.47. The van der Waals surface area contributed by atoms with Gasteiger partial charge < -0.3 is 15.5 Å². The van der Waals surface area contributed by atoms with Gasteiger partial charge in [-0.15, -0.1) is 24.5 Å². The lowest BCUT2D eigenvalue weighted by Crippen LogP contribution is -2.16. The van der Waals surface area contributed by atoms with Crippen molar-refractivity contribution in [2.24, 2.45) is 5.73 Å². The largest absolute Gasteiger partial charge is 0.573 e. The molecule has 0 amide bonds. The van der Waals surface area contributed by atoms with E-state index in [1.54, 1.807) is 12.3 Å². The molecule has 8 heteroatoms. The molecule has 3 N–H and O–H groups in total. The normalized spacial score (nSPS) is 12.0. The SMILES string of the molecule is NCCCCc1c(-c2nccs2)[nH]c2ccc(OC(F)(F)F)cc12. The van der Waals surface area contributed by atoms with Crippen molar-refractivity contribution in [3.05, 3.63) is 35.3 Å². The number of thiazole rings is 1. The minimum Gasteiger partial charge on any atom is -0.406 e. The van der Waals surface area contributed by atoms with Crippen LogP contribution >= 0.6 is 11.3 Å². The molecule has 3 aromatic rings. The Labute approximate surface area is 140 Å². The summed E-state index contributed by atoms with van der Waals surface area (Å²) in [6, 6.07) is 4.33. The number of aromatic nitrogens is 2. The Morgan fingerprint density at radius 1 is 1.25 bits per heavy atom. The summed E-state index contributed by atoms with van der Waals surface area (Å²) in [4.78, 5) is 7.57. The van der Waals surface area contributed by atoms with Gasteiger partial charge in [0.25, 0.3) is 0 Å². The molecule has 128 valence electrons. The molecule has 0 aliphatic rings. The molecule has 2 aromatic heterocycles. The maximum Gasteiger partial charge on any atom is 0.573 e. The van der Waals surface area contributed by atoms with E-state index in [1.165, 1.54) is 23.5 Å². The van der Waals surface area contributed by atoms with E-state index in [9.17, 15) is 13.2 Å². The van der Waals surface area contributed by atoms with Crippen LogP contribution in [-0.2, 0) is 6.42 Å². The van der Waals surface area contributed by atoms with E-state index in [-0.39, 0.29) is 5.75 Å². The lowest BCUT2D eigenvalue weighted by molar-refractivity contribution is -0.274. The fourth-order valence-corrected chi connectivity index (χ4v) is 3.32. The van der Waals surface area contributed by atoms with Crippen LogP contribution < -0.4 is 10.5 Å². The van der Waals surface area contributed by atoms with Crippen molar-refractivity contribution >= 4 is 22.2 Å². The molecule has 0 radical (unpaired) electrons. The van der Waals surface area contributed by atoms with E-state index in [1.807, 2.05) is 5.38 Å². The van der Waals surface area contributed by atoms with Gasteiger partial charge >= 0.3 is 6.36 Å². The van der Waals surface area contributed by atoms with E-state index < -0.39 is 6.36 Å². The smallest absolute Gasteiger partial charge is 0.406 e. The molecule has 1 aromatic carbocycles. The van der Waals surface area contributed by atoms with Crippen LogP contribution in [0.25, 0.3) is 21.6 Å². The fraction of sp³-hybridized carbons (Fsp3) is 0.312. The molecule has 0 saturated carbocycles. The number of rotatable bonds is 6. The van der Waals surface area contributed by atoms with E-state index in [0.717, 1.165) is 40.0 Å². The first-order valence-electron chi connectivity index (χ1n) is 7.48. The van der Waals surface area contributed by atoms with Crippen molar-refractivity contribution in [3.63, 3.8) is 0 Å². The number of unbranched alkanes of at least 4 members (excludes halogenated alkanes) is 1. The number of aryl methyl sites for hydroxylation is 1. The average Bonchev–Trinajstić information content (AvgIpc) is 3.13. The number of hydrogen-bond acceptors (Lipinski definition) is 4. The summed E-state index contributed by atoms with van der Waals surface area (Å²) in [5.74, 6) is -0.222. The number of halogens is 3. The summed E-state index contributed by atoms with van der Waals surface area (Å²) in [7, 11) is 0. The third kappa shape index (κ3) is 3.70. The maximum atomic E-state index is 12.5. The van der Waals surface area contributed by atoms with Gasteiger partial charge in [-0.25, -0.2) is 4.98 Å². The molecule has 0 aliphatic heterocycles. The fourth-order valence-electron chi connectivity index (χ4n) is 2.66. The monoisotopic (exact) mass is 355 g/mol. The number of alkyl halides is 3. The first kappa shape index (κ1) is 16.8. The molecule has 0 atom stereocenters. The summed E-state index contributed by atoms with van der Waals surface area (Å²) in [5, 5.41) is 3.40. The Balaban J connectivity index is 2.05. The van der Waals surface area contributed by atoms with Gasteiger partial charge in [0.1, 0.15) is 10.8 Å². The zero-order valence-corrected chi connectivity index (χ0v) is 13.5. The van der Waals surface area contributed by atoms with Crippen LogP contribution in [0.5, 0.6) is 5.75 Å². The summed E-state index contributed by atoms with van der Waals surface area (Å²) in [6.45, 7) is 0.581. The molecule has 0 unspecified atom stereocenters. The zero-order valence-electron chi connectivity index (χ0n) is 12.7. The topological polar surface area (TPSA) is 63.9 Å². The van der Waals surface area contributed by atoms with Crippen LogP contribution in [0.1, 0.15) is 18.4 Å². The van der Waals surface area contributed by atoms with Crippen LogP contribution in [0.4, 0.5) is 13.2 Å². The number of benzene rings is 1. The summed E-state index contributed by atoms with van der Waals surface area (Å²) in [5.41, 5.74) is 8.10. The highest BCUT2D eigenvalue weighted by Gasteiger charge is 2.31. The van der Waals surface area contributed by atoms with Crippen LogP contribution in [0.15, 0.2) is 29.8 Å². The molecule has 0 spiro atoms. The van der Waals surface area contributed by atoms with Gasteiger partial charge in [-0.2, -0.15) is 0 Å². The second-order valence-corrected chi connectivity index (χ2v) is 6.21. The van der Waals surface area contributed by atoms with Gasteiger partial charge in [-0.3, -0.25) is 0 Å². The molecule has 2 heterocycles. The van der Waals surface area contributed by atoms with Crippen LogP contribution in [-0.4, -0.2) is 22.9 Å². The second-order valence-electron chi connectivity index (χ2n) is 5.32. The Kier molecular flexibility index (Phi) is 4.77. The minimum atomic E-state index is -4.71. The van der Waals surface area contributed by atoms with Gasteiger partial charge in [-0.05, 0) is 49.6 Å². The van der Waals surface area contributed by atoms with Crippen LogP contribution in [0.3, 0.4) is 0 Å². The van der Waals surface area contributed by atoms with Gasteiger partial charge in [0.2, 0.25) is 0 Å². The number of nitrogens with two attached hydrogens (primary N) is 1. The first-order valence-corrected chi connectivity index (χ1v) is 8.36. The lowest BCUT2D eigenvalue weighted by Gasteiger charge is -2.09. The van der Waals surface area contributed by atoms with Crippen molar-refractivity contribution in [1.82, 2.24) is 9.97 Å². The third-order valence-electron chi connectivity index (χ3n) is 3.64. The quantitative estimate of drug-likeness (QED) is 0.641. The predicted molar refractivity (Wildman–Crippen MR) is 88.1 cm³/mol. The van der Waals surface area contributed by atoms with Gasteiger partial charge in [0.05, 0.1) is 5.69 Å². The first-order chi connectivity index (χ1) is 11.5. The number of aromatic amines is 1. The van der Waals surface area contributed by atoms with E-state index in [2.05, 4.69) is 14.7 Å². The Morgan fingerprint density at radius 3 is 2.75 bits per heavy atom.